The molecule has 1 amide bonds. The molecule has 2 unspecified atom stereocenters. The molecule has 4 heteroatoms. The number of hydrogen-bond acceptors (Lipinski definition) is 3. The van der Waals surface area contributed by atoms with Crippen LogP contribution in [-0.4, -0.2) is 41.9 Å². The van der Waals surface area contributed by atoms with Crippen LogP contribution in [0.1, 0.15) is 13.8 Å². The van der Waals surface area contributed by atoms with Gasteiger partial charge in [0.25, 0.3) is 0 Å². The molecule has 0 rings (SSSR count). The van der Waals surface area contributed by atoms with Crippen LogP contribution in [0.2, 0.25) is 0 Å². The van der Waals surface area contributed by atoms with E-state index in [1.165, 1.54) is 0 Å². The molecule has 3 nitrogen and oxygen atoms in total. The summed E-state index contributed by atoms with van der Waals surface area (Å²) in [6.07, 6.45) is 2.03. The number of likely N-dealkylation sites (N-methyl/N-ethyl adjacent to an activating group) is 1. The van der Waals surface area contributed by atoms with Crippen molar-refractivity contribution in [2.75, 3.05) is 19.1 Å². The topological polar surface area (TPSA) is 46.3 Å². The predicted octanol–water partition coefficient (Wildman–Crippen LogP) is 0.543. The second-order valence-corrected chi connectivity index (χ2v) is 3.95. The van der Waals surface area contributed by atoms with Crippen LogP contribution in [-0.2, 0) is 4.79 Å². The molecule has 0 spiro atoms. The maximum atomic E-state index is 11.4. The number of thioether (sulfide) groups is 1. The van der Waals surface area contributed by atoms with E-state index >= 15 is 0 Å². The molecule has 0 radical (unpaired) electrons. The first-order valence-electron chi connectivity index (χ1n) is 4.02. The lowest BCUT2D eigenvalue weighted by Gasteiger charge is -2.25. The molecule has 0 bridgehead atoms. The first kappa shape index (κ1) is 11.8. The summed E-state index contributed by atoms with van der Waals surface area (Å²) in [4.78, 5) is 13.1. The van der Waals surface area contributed by atoms with Gasteiger partial charge in [-0.25, -0.2) is 0 Å². The van der Waals surface area contributed by atoms with Gasteiger partial charge in [-0.2, -0.15) is 11.8 Å². The summed E-state index contributed by atoms with van der Waals surface area (Å²) in [7, 11) is 1.80. The van der Waals surface area contributed by atoms with Crippen LogP contribution < -0.4 is 5.73 Å². The van der Waals surface area contributed by atoms with Crippen molar-refractivity contribution in [3.63, 3.8) is 0 Å². The number of carbonyl (C=O) groups is 1. The van der Waals surface area contributed by atoms with Gasteiger partial charge in [-0.3, -0.25) is 4.79 Å². The van der Waals surface area contributed by atoms with E-state index in [-0.39, 0.29) is 18.0 Å². The highest BCUT2D eigenvalue weighted by Crippen LogP contribution is 2.04. The Morgan fingerprint density at radius 3 is 2.42 bits per heavy atom. The SMILES string of the molecule is CSCC(C)N(C)C(=O)C(C)N. The molecule has 2 atom stereocenters. The van der Waals surface area contributed by atoms with Crippen LogP contribution in [0.4, 0.5) is 0 Å². The second-order valence-electron chi connectivity index (χ2n) is 3.04. The van der Waals surface area contributed by atoms with E-state index in [1.807, 2.05) is 13.2 Å². The fraction of sp³-hybridized carbons (Fsp3) is 0.875. The van der Waals surface area contributed by atoms with Crippen molar-refractivity contribution in [3.05, 3.63) is 0 Å². The molecule has 0 aromatic carbocycles. The Labute approximate surface area is 78.7 Å². The number of rotatable bonds is 4. The van der Waals surface area contributed by atoms with Crippen LogP contribution >= 0.6 is 11.8 Å². The summed E-state index contributed by atoms with van der Waals surface area (Å²) in [5.41, 5.74) is 5.47. The summed E-state index contributed by atoms with van der Waals surface area (Å²) in [5.74, 6) is 0.964. The van der Waals surface area contributed by atoms with E-state index in [0.29, 0.717) is 0 Å². The molecule has 0 aromatic heterocycles. The van der Waals surface area contributed by atoms with Crippen molar-refractivity contribution in [1.29, 1.82) is 0 Å². The molecular weight excluding hydrogens is 172 g/mol. The number of hydrogen-bond donors (Lipinski definition) is 1. The first-order chi connectivity index (χ1) is 5.50. The van der Waals surface area contributed by atoms with Gasteiger partial charge in [-0.1, -0.05) is 0 Å². The van der Waals surface area contributed by atoms with Crippen LogP contribution in [0.25, 0.3) is 0 Å². The van der Waals surface area contributed by atoms with Gasteiger partial charge in [0.05, 0.1) is 6.04 Å². The molecule has 2 N–H and O–H groups in total. The molecule has 0 aliphatic carbocycles. The third-order valence-corrected chi connectivity index (χ3v) is 2.62. The Bertz CT molecular complexity index is 150. The molecule has 72 valence electrons. The zero-order valence-electron chi connectivity index (χ0n) is 8.20. The number of nitrogens with zero attached hydrogens (tertiary/aromatic N) is 1. The summed E-state index contributed by atoms with van der Waals surface area (Å²) in [6.45, 7) is 3.74. The maximum absolute atomic E-state index is 11.4. The van der Waals surface area contributed by atoms with E-state index in [4.69, 9.17) is 5.73 Å². The van der Waals surface area contributed by atoms with Crippen LogP contribution in [0, 0.1) is 0 Å². The molecule has 12 heavy (non-hydrogen) atoms. The van der Waals surface area contributed by atoms with Gasteiger partial charge >= 0.3 is 0 Å². The minimum Gasteiger partial charge on any atom is -0.341 e. The fourth-order valence-corrected chi connectivity index (χ4v) is 1.60. The molecule has 0 saturated carbocycles. The van der Waals surface area contributed by atoms with E-state index in [2.05, 4.69) is 0 Å². The lowest BCUT2D eigenvalue weighted by Crippen LogP contribution is -2.44. The zero-order valence-corrected chi connectivity index (χ0v) is 9.02. The van der Waals surface area contributed by atoms with Crippen LogP contribution in [0.15, 0.2) is 0 Å². The first-order valence-corrected chi connectivity index (χ1v) is 5.41. The smallest absolute Gasteiger partial charge is 0.239 e. The summed E-state index contributed by atoms with van der Waals surface area (Å²) in [6, 6.07) is -0.127. The highest BCUT2D eigenvalue weighted by molar-refractivity contribution is 7.98. The molecular formula is C8H18N2OS. The summed E-state index contributed by atoms with van der Waals surface area (Å²) in [5, 5.41) is 0. The Morgan fingerprint density at radius 2 is 2.08 bits per heavy atom. The van der Waals surface area contributed by atoms with Gasteiger partial charge in [0.15, 0.2) is 0 Å². The highest BCUT2D eigenvalue weighted by Gasteiger charge is 2.17. The van der Waals surface area contributed by atoms with Crippen molar-refractivity contribution in [1.82, 2.24) is 4.90 Å². The quantitative estimate of drug-likeness (QED) is 0.704. The van der Waals surface area contributed by atoms with Crippen LogP contribution in [0.3, 0.4) is 0 Å². The molecule has 0 heterocycles. The lowest BCUT2D eigenvalue weighted by molar-refractivity contribution is -0.132. The Balaban J connectivity index is 4.00. The van der Waals surface area contributed by atoms with Gasteiger partial charge < -0.3 is 10.6 Å². The average Bonchev–Trinajstić information content (AvgIpc) is 2.02. The lowest BCUT2D eigenvalue weighted by atomic mass is 10.2. The standard InChI is InChI=1S/C8H18N2OS/c1-6(5-12-4)10(3)8(11)7(2)9/h6-7H,5,9H2,1-4H3. The van der Waals surface area contributed by atoms with Crippen molar-refractivity contribution < 1.29 is 4.79 Å². The summed E-state index contributed by atoms with van der Waals surface area (Å²) < 4.78 is 0. The average molecular weight is 190 g/mol. The molecule has 0 fully saturated rings. The Hall–Kier alpha value is -0.220. The van der Waals surface area contributed by atoms with E-state index < -0.39 is 0 Å². The monoisotopic (exact) mass is 190 g/mol. The third kappa shape index (κ3) is 3.45. The van der Waals surface area contributed by atoms with Crippen LogP contribution in [0.5, 0.6) is 0 Å². The van der Waals surface area contributed by atoms with E-state index in [1.54, 1.807) is 30.6 Å². The van der Waals surface area contributed by atoms with Crippen molar-refractivity contribution >= 4 is 17.7 Å². The van der Waals surface area contributed by atoms with Crippen molar-refractivity contribution in [2.24, 2.45) is 5.73 Å². The Kier molecular flexibility index (Phi) is 5.33. The second kappa shape index (κ2) is 5.43. The number of carbonyl (C=O) groups excluding carboxylic acids is 1. The predicted molar refractivity (Wildman–Crippen MR) is 54.3 cm³/mol. The van der Waals surface area contributed by atoms with Gasteiger partial charge in [0, 0.05) is 18.8 Å². The van der Waals surface area contributed by atoms with Crippen molar-refractivity contribution in [2.45, 2.75) is 25.9 Å². The molecule has 0 aromatic rings. The van der Waals surface area contributed by atoms with Gasteiger partial charge in [-0.15, -0.1) is 0 Å². The van der Waals surface area contributed by atoms with Gasteiger partial charge in [-0.05, 0) is 20.1 Å². The summed E-state index contributed by atoms with van der Waals surface area (Å²) >= 11 is 1.73. The van der Waals surface area contributed by atoms with Gasteiger partial charge in [0.2, 0.25) is 5.91 Å². The minimum atomic E-state index is -0.390. The normalized spacial score (nSPS) is 15.4. The fourth-order valence-electron chi connectivity index (χ4n) is 0.891. The van der Waals surface area contributed by atoms with E-state index in [9.17, 15) is 4.79 Å². The largest absolute Gasteiger partial charge is 0.341 e. The number of nitrogens with two attached hydrogens (primary N) is 1. The number of amides is 1. The van der Waals surface area contributed by atoms with Crippen molar-refractivity contribution in [3.8, 4) is 0 Å². The highest BCUT2D eigenvalue weighted by atomic mass is 32.2. The van der Waals surface area contributed by atoms with Gasteiger partial charge in [0.1, 0.15) is 0 Å². The third-order valence-electron chi connectivity index (χ3n) is 1.81. The maximum Gasteiger partial charge on any atom is 0.239 e. The molecule has 0 aliphatic heterocycles. The minimum absolute atomic E-state index is 0.0107. The van der Waals surface area contributed by atoms with E-state index in [0.717, 1.165) is 5.75 Å². The molecule has 0 aliphatic rings. The Morgan fingerprint density at radius 1 is 1.58 bits per heavy atom. The molecule has 0 saturated heterocycles. The zero-order chi connectivity index (χ0) is 9.72.